The highest BCUT2D eigenvalue weighted by molar-refractivity contribution is 5.47. The zero-order valence-electron chi connectivity index (χ0n) is 13.4. The van der Waals surface area contributed by atoms with Crippen molar-refractivity contribution in [3.8, 4) is 0 Å². The predicted molar refractivity (Wildman–Crippen MR) is 86.6 cm³/mol. The van der Waals surface area contributed by atoms with Crippen LogP contribution in [0, 0.1) is 0 Å². The molecular formula is C16H24N2O3. The number of methoxy groups -OCH3 is 2. The Morgan fingerprint density at radius 2 is 2.10 bits per heavy atom. The average molecular weight is 292 g/mol. The van der Waals surface area contributed by atoms with Crippen molar-refractivity contribution in [3.63, 3.8) is 0 Å². The van der Waals surface area contributed by atoms with E-state index in [1.165, 1.54) is 0 Å². The molecule has 0 aliphatic rings. The first-order valence-corrected chi connectivity index (χ1v) is 6.71. The van der Waals surface area contributed by atoms with Crippen molar-refractivity contribution >= 4 is 18.3 Å². The van der Waals surface area contributed by atoms with Gasteiger partial charge in [0.05, 0.1) is 7.11 Å². The van der Waals surface area contributed by atoms with Crippen LogP contribution in [0.25, 0.3) is 12.7 Å². The third kappa shape index (κ3) is 5.47. The van der Waals surface area contributed by atoms with Gasteiger partial charge in [-0.15, -0.1) is 0 Å². The number of hydrogen-bond donors (Lipinski definition) is 2. The number of anilines is 1. The predicted octanol–water partition coefficient (Wildman–Crippen LogP) is 0.953. The van der Waals surface area contributed by atoms with Crippen LogP contribution < -0.4 is 21.4 Å². The Kier molecular flexibility index (Phi) is 5.79. The standard InChI is InChI=1S/C16H24N2O3/c1-11-12(7-8-13(21-6)10-20-5)9-14(15(19)17-11)18-16(2,3)4/h7-9,18H,1,10H2,2-6H3,(H,17,19)/b12-7-,13-8+. The van der Waals surface area contributed by atoms with E-state index in [2.05, 4.69) is 16.9 Å². The molecule has 116 valence electrons. The normalized spacial score (nSPS) is 13.4. The van der Waals surface area contributed by atoms with Crippen molar-refractivity contribution in [2.75, 3.05) is 26.1 Å². The second-order valence-electron chi connectivity index (χ2n) is 5.76. The maximum absolute atomic E-state index is 11.9. The molecule has 0 aliphatic carbocycles. The Morgan fingerprint density at radius 1 is 1.43 bits per heavy atom. The molecule has 0 saturated heterocycles. The lowest BCUT2D eigenvalue weighted by molar-refractivity contribution is 0.159. The van der Waals surface area contributed by atoms with Gasteiger partial charge in [-0.05, 0) is 44.2 Å². The Labute approximate surface area is 125 Å². The van der Waals surface area contributed by atoms with E-state index in [1.54, 1.807) is 26.4 Å². The largest absolute Gasteiger partial charge is 0.499 e. The molecule has 0 spiro atoms. The van der Waals surface area contributed by atoms with Gasteiger partial charge in [0, 0.05) is 18.0 Å². The monoisotopic (exact) mass is 292 g/mol. The van der Waals surface area contributed by atoms with Crippen LogP contribution in [-0.4, -0.2) is 31.3 Å². The van der Waals surface area contributed by atoms with Crippen LogP contribution in [0.3, 0.4) is 0 Å². The molecule has 0 aromatic carbocycles. The molecule has 0 atom stereocenters. The van der Waals surface area contributed by atoms with E-state index >= 15 is 0 Å². The summed E-state index contributed by atoms with van der Waals surface area (Å²) in [6.07, 6.45) is 3.64. The summed E-state index contributed by atoms with van der Waals surface area (Å²) in [4.78, 5) is 14.7. The highest BCUT2D eigenvalue weighted by atomic mass is 16.5. The lowest BCUT2D eigenvalue weighted by Gasteiger charge is -2.21. The smallest absolute Gasteiger partial charge is 0.271 e. The molecule has 1 aromatic rings. The molecule has 5 nitrogen and oxygen atoms in total. The molecule has 21 heavy (non-hydrogen) atoms. The first-order valence-electron chi connectivity index (χ1n) is 6.71. The maximum atomic E-state index is 11.9. The molecule has 1 aromatic heterocycles. The van der Waals surface area contributed by atoms with Gasteiger partial charge in [0.1, 0.15) is 18.1 Å². The molecular weight excluding hydrogens is 268 g/mol. The first-order chi connectivity index (χ1) is 9.76. The Hall–Kier alpha value is -2.01. The summed E-state index contributed by atoms with van der Waals surface area (Å²) in [6.45, 7) is 10.2. The van der Waals surface area contributed by atoms with Crippen molar-refractivity contribution in [2.24, 2.45) is 0 Å². The number of allylic oxidation sites excluding steroid dienone is 1. The second-order valence-corrected chi connectivity index (χ2v) is 5.76. The molecule has 0 aliphatic heterocycles. The number of pyridine rings is 1. The van der Waals surface area contributed by atoms with Crippen LogP contribution in [0.5, 0.6) is 0 Å². The maximum Gasteiger partial charge on any atom is 0.271 e. The summed E-state index contributed by atoms with van der Waals surface area (Å²) in [5.41, 5.74) is 0.136. The third-order valence-corrected chi connectivity index (χ3v) is 2.66. The Morgan fingerprint density at radius 3 is 2.62 bits per heavy atom. The number of H-pyrrole nitrogens is 1. The lowest BCUT2D eigenvalue weighted by atomic mass is 10.1. The summed E-state index contributed by atoms with van der Waals surface area (Å²) in [6, 6.07) is 1.78. The van der Waals surface area contributed by atoms with Gasteiger partial charge in [0.25, 0.3) is 5.56 Å². The molecule has 0 radical (unpaired) electrons. The molecule has 0 saturated carbocycles. The fourth-order valence-electron chi connectivity index (χ4n) is 1.73. The van der Waals surface area contributed by atoms with Gasteiger partial charge in [0.2, 0.25) is 0 Å². The van der Waals surface area contributed by atoms with Gasteiger partial charge in [-0.25, -0.2) is 0 Å². The van der Waals surface area contributed by atoms with Crippen LogP contribution in [0.2, 0.25) is 0 Å². The van der Waals surface area contributed by atoms with Gasteiger partial charge < -0.3 is 19.8 Å². The van der Waals surface area contributed by atoms with E-state index in [0.29, 0.717) is 23.4 Å². The van der Waals surface area contributed by atoms with Crippen molar-refractivity contribution in [3.05, 3.63) is 38.8 Å². The molecule has 0 fully saturated rings. The van der Waals surface area contributed by atoms with E-state index in [9.17, 15) is 4.79 Å². The minimum Gasteiger partial charge on any atom is -0.499 e. The minimum absolute atomic E-state index is 0.181. The lowest BCUT2D eigenvalue weighted by Crippen LogP contribution is -2.37. The number of ether oxygens (including phenoxy) is 2. The quantitative estimate of drug-likeness (QED) is 0.793. The molecule has 1 rings (SSSR count). The van der Waals surface area contributed by atoms with Crippen LogP contribution in [-0.2, 0) is 9.47 Å². The summed E-state index contributed by atoms with van der Waals surface area (Å²) < 4.78 is 10.2. The molecule has 0 unspecified atom stereocenters. The Balaban J connectivity index is 3.28. The number of hydrogen-bond acceptors (Lipinski definition) is 4. The highest BCUT2D eigenvalue weighted by Gasteiger charge is 2.11. The fourth-order valence-corrected chi connectivity index (χ4v) is 1.73. The number of aromatic amines is 1. The summed E-state index contributed by atoms with van der Waals surface area (Å²) >= 11 is 0. The molecule has 1 heterocycles. The summed E-state index contributed by atoms with van der Waals surface area (Å²) in [7, 11) is 3.19. The topological polar surface area (TPSA) is 63.4 Å². The van der Waals surface area contributed by atoms with E-state index in [0.717, 1.165) is 5.22 Å². The van der Waals surface area contributed by atoms with Crippen LogP contribution in [0.4, 0.5) is 5.69 Å². The van der Waals surface area contributed by atoms with Gasteiger partial charge in [-0.1, -0.05) is 6.58 Å². The fraction of sp³-hybridized carbons (Fsp3) is 0.438. The van der Waals surface area contributed by atoms with Gasteiger partial charge in [0.15, 0.2) is 0 Å². The third-order valence-electron chi connectivity index (χ3n) is 2.66. The van der Waals surface area contributed by atoms with Crippen molar-refractivity contribution in [1.29, 1.82) is 0 Å². The van der Waals surface area contributed by atoms with Crippen molar-refractivity contribution < 1.29 is 9.47 Å². The van der Waals surface area contributed by atoms with Gasteiger partial charge in [-0.2, -0.15) is 0 Å². The number of rotatable bonds is 5. The zero-order valence-corrected chi connectivity index (χ0v) is 13.4. The summed E-state index contributed by atoms with van der Waals surface area (Å²) in [5, 5.41) is 4.55. The van der Waals surface area contributed by atoms with Crippen molar-refractivity contribution in [2.45, 2.75) is 26.3 Å². The van der Waals surface area contributed by atoms with Crippen LogP contribution >= 0.6 is 0 Å². The molecule has 2 N–H and O–H groups in total. The second kappa shape index (κ2) is 7.13. The highest BCUT2D eigenvalue weighted by Crippen LogP contribution is 2.07. The molecule has 0 amide bonds. The van der Waals surface area contributed by atoms with E-state index in [4.69, 9.17) is 9.47 Å². The molecule has 5 heteroatoms. The Bertz CT molecular complexity index is 666. The zero-order chi connectivity index (χ0) is 16.0. The van der Waals surface area contributed by atoms with Crippen molar-refractivity contribution in [1.82, 2.24) is 4.98 Å². The van der Waals surface area contributed by atoms with E-state index in [1.807, 2.05) is 26.8 Å². The van der Waals surface area contributed by atoms with Gasteiger partial charge in [-0.3, -0.25) is 4.79 Å². The van der Waals surface area contributed by atoms with Gasteiger partial charge >= 0.3 is 0 Å². The molecule has 0 bridgehead atoms. The number of nitrogens with one attached hydrogen (secondary N) is 2. The van der Waals surface area contributed by atoms with E-state index in [-0.39, 0.29) is 11.1 Å². The SMILES string of the molecule is C=c1[nH]c(=O)c(NC(C)(C)C)c/c1=C/C=C(\COC)OC. The first kappa shape index (κ1) is 17.0. The summed E-state index contributed by atoms with van der Waals surface area (Å²) in [5.74, 6) is 0.688. The minimum atomic E-state index is -0.198. The van der Waals surface area contributed by atoms with E-state index < -0.39 is 0 Å². The average Bonchev–Trinajstić information content (AvgIpc) is 2.37. The van der Waals surface area contributed by atoms with Crippen LogP contribution in [0.1, 0.15) is 20.8 Å². The van der Waals surface area contributed by atoms with Crippen LogP contribution in [0.15, 0.2) is 22.7 Å². The number of aromatic nitrogens is 1.